The quantitative estimate of drug-likeness (QED) is 0.158. The summed E-state index contributed by atoms with van der Waals surface area (Å²) in [6, 6.07) is 59.0. The van der Waals surface area contributed by atoms with E-state index in [0.29, 0.717) is 0 Å². The van der Waals surface area contributed by atoms with Crippen molar-refractivity contribution in [1.29, 1.82) is 0 Å². The summed E-state index contributed by atoms with van der Waals surface area (Å²) in [4.78, 5) is 0. The Labute approximate surface area is 286 Å². The molecule has 50 heavy (non-hydrogen) atoms. The molecule has 12 aromatic rings. The number of fused-ring (bicyclic) bond motifs is 22. The standard InChI is InChI=1S/C48H26N2/c1-2-13-28-27(12-1)29-14-3-4-16-31(29)34-24-25-42-44(43(34)33-18-6-5-15-30(28)33)37-21-11-20-35-39-26-38-32-17-7-9-22-40(32)49-41-23-10-8-19-36(41)45(47(38)49)48(39)50(42)46(35)37/h1-26H. The van der Waals surface area contributed by atoms with Gasteiger partial charge in [-0.15, -0.1) is 0 Å². The lowest BCUT2D eigenvalue weighted by atomic mass is 9.79. The van der Waals surface area contributed by atoms with E-state index in [9.17, 15) is 0 Å². The fourth-order valence-electron chi connectivity index (χ4n) is 9.89. The van der Waals surface area contributed by atoms with Gasteiger partial charge in [-0.1, -0.05) is 133 Å². The predicted octanol–water partition coefficient (Wildman–Crippen LogP) is 13.0. The molecule has 0 bridgehead atoms. The number of para-hydroxylation sites is 3. The van der Waals surface area contributed by atoms with Crippen LogP contribution in [-0.2, 0) is 0 Å². The zero-order valence-corrected chi connectivity index (χ0v) is 26.9. The summed E-state index contributed by atoms with van der Waals surface area (Å²) in [5.74, 6) is 0. The monoisotopic (exact) mass is 630 g/mol. The molecule has 0 saturated carbocycles. The lowest BCUT2D eigenvalue weighted by molar-refractivity contribution is 1.36. The van der Waals surface area contributed by atoms with Crippen molar-refractivity contribution in [2.24, 2.45) is 0 Å². The number of aromatic nitrogens is 2. The van der Waals surface area contributed by atoms with Gasteiger partial charge in [0.2, 0.25) is 0 Å². The summed E-state index contributed by atoms with van der Waals surface area (Å²) in [6.07, 6.45) is 0. The minimum atomic E-state index is 1.26. The molecule has 4 aromatic heterocycles. The molecule has 4 heterocycles. The Morgan fingerprint density at radius 2 is 0.760 bits per heavy atom. The number of nitrogens with zero attached hydrogens (tertiary/aromatic N) is 2. The molecule has 1 aliphatic carbocycles. The zero-order valence-electron chi connectivity index (χ0n) is 26.9. The van der Waals surface area contributed by atoms with Crippen LogP contribution in [0.3, 0.4) is 0 Å². The maximum Gasteiger partial charge on any atom is 0.0642 e. The van der Waals surface area contributed by atoms with Crippen LogP contribution in [-0.4, -0.2) is 8.80 Å². The van der Waals surface area contributed by atoms with Gasteiger partial charge >= 0.3 is 0 Å². The SMILES string of the molecule is c1ccc2c(c1)-c1ccccc1-c1ccc3c(c1-c1ccccc1-2)c1cccc2c4cc5c6ccccc6n6c7ccccc7c(c56)c4n3c21. The minimum Gasteiger partial charge on any atom is -0.308 e. The fourth-order valence-corrected chi connectivity index (χ4v) is 9.89. The van der Waals surface area contributed by atoms with Crippen LogP contribution in [0.25, 0.3) is 121 Å². The van der Waals surface area contributed by atoms with E-state index >= 15 is 0 Å². The Bertz CT molecular complexity index is 3420. The van der Waals surface area contributed by atoms with E-state index in [2.05, 4.69) is 167 Å². The molecule has 13 rings (SSSR count). The molecule has 0 spiro atoms. The van der Waals surface area contributed by atoms with Gasteiger partial charge in [0.15, 0.2) is 0 Å². The Balaban J connectivity index is 1.30. The molecule has 228 valence electrons. The first kappa shape index (κ1) is 25.4. The molecule has 0 radical (unpaired) electrons. The molecule has 0 atom stereocenters. The van der Waals surface area contributed by atoms with Gasteiger partial charge in [0, 0.05) is 48.7 Å². The fraction of sp³-hybridized carbons (Fsp3) is 0. The van der Waals surface area contributed by atoms with Gasteiger partial charge in [0.1, 0.15) is 0 Å². The van der Waals surface area contributed by atoms with Crippen LogP contribution in [0.2, 0.25) is 0 Å². The molecule has 0 amide bonds. The van der Waals surface area contributed by atoms with Gasteiger partial charge in [-0.2, -0.15) is 0 Å². The molecule has 0 N–H and O–H groups in total. The van der Waals surface area contributed by atoms with Gasteiger partial charge in [0.05, 0.1) is 33.1 Å². The van der Waals surface area contributed by atoms with E-state index < -0.39 is 0 Å². The van der Waals surface area contributed by atoms with E-state index in [4.69, 9.17) is 0 Å². The van der Waals surface area contributed by atoms with Crippen LogP contribution >= 0.6 is 0 Å². The highest BCUT2D eigenvalue weighted by atomic mass is 14.9. The van der Waals surface area contributed by atoms with Crippen LogP contribution < -0.4 is 0 Å². The third kappa shape index (κ3) is 2.79. The third-order valence-corrected chi connectivity index (χ3v) is 11.7. The van der Waals surface area contributed by atoms with Crippen LogP contribution in [0, 0.1) is 0 Å². The molecule has 0 fully saturated rings. The van der Waals surface area contributed by atoms with Crippen LogP contribution in [0.4, 0.5) is 0 Å². The normalized spacial score (nSPS) is 12.8. The van der Waals surface area contributed by atoms with Crippen molar-refractivity contribution >= 4 is 76.2 Å². The van der Waals surface area contributed by atoms with Gasteiger partial charge in [-0.3, -0.25) is 0 Å². The molecule has 0 saturated heterocycles. The highest BCUT2D eigenvalue weighted by molar-refractivity contribution is 6.37. The van der Waals surface area contributed by atoms with Crippen molar-refractivity contribution < 1.29 is 0 Å². The first-order valence-corrected chi connectivity index (χ1v) is 17.5. The molecule has 2 heteroatoms. The molecule has 0 aliphatic heterocycles. The Hall–Kier alpha value is -6.64. The van der Waals surface area contributed by atoms with E-state index in [0.717, 1.165) is 0 Å². The van der Waals surface area contributed by atoms with Crippen molar-refractivity contribution in [2.45, 2.75) is 0 Å². The highest BCUT2D eigenvalue weighted by Gasteiger charge is 2.29. The summed E-state index contributed by atoms with van der Waals surface area (Å²) in [5, 5.41) is 10.5. The van der Waals surface area contributed by atoms with Crippen LogP contribution in [0.1, 0.15) is 0 Å². The summed E-state index contributed by atoms with van der Waals surface area (Å²) >= 11 is 0. The van der Waals surface area contributed by atoms with E-state index in [1.165, 1.54) is 121 Å². The van der Waals surface area contributed by atoms with Crippen molar-refractivity contribution in [1.82, 2.24) is 8.80 Å². The predicted molar refractivity (Wildman–Crippen MR) is 211 cm³/mol. The second-order valence-electron chi connectivity index (χ2n) is 14.0. The molecule has 1 aliphatic rings. The zero-order chi connectivity index (χ0) is 32.2. The van der Waals surface area contributed by atoms with Gasteiger partial charge in [0.25, 0.3) is 0 Å². The number of benzene rings is 8. The van der Waals surface area contributed by atoms with Crippen molar-refractivity contribution in [3.8, 4) is 44.5 Å². The van der Waals surface area contributed by atoms with Crippen LogP contribution in [0.15, 0.2) is 158 Å². The number of hydrogen-bond acceptors (Lipinski definition) is 0. The third-order valence-electron chi connectivity index (χ3n) is 11.7. The maximum absolute atomic E-state index is 2.61. The Morgan fingerprint density at radius 3 is 1.48 bits per heavy atom. The first-order valence-electron chi connectivity index (χ1n) is 17.5. The summed E-state index contributed by atoms with van der Waals surface area (Å²) in [7, 11) is 0. The summed E-state index contributed by atoms with van der Waals surface area (Å²) < 4.78 is 5.11. The minimum absolute atomic E-state index is 1.26. The lowest BCUT2D eigenvalue weighted by Crippen LogP contribution is -1.97. The second-order valence-corrected chi connectivity index (χ2v) is 14.0. The smallest absolute Gasteiger partial charge is 0.0642 e. The number of rotatable bonds is 0. The summed E-state index contributed by atoms with van der Waals surface area (Å²) in [5.41, 5.74) is 18.0. The van der Waals surface area contributed by atoms with E-state index in [1.54, 1.807) is 0 Å². The van der Waals surface area contributed by atoms with Gasteiger partial charge in [-0.25, -0.2) is 0 Å². The average molecular weight is 631 g/mol. The Kier molecular flexibility index (Phi) is 4.41. The first-order chi connectivity index (χ1) is 24.9. The summed E-state index contributed by atoms with van der Waals surface area (Å²) in [6.45, 7) is 0. The molecular formula is C48H26N2. The van der Waals surface area contributed by atoms with Crippen molar-refractivity contribution in [2.75, 3.05) is 0 Å². The highest BCUT2D eigenvalue weighted by Crippen LogP contribution is 2.54. The maximum atomic E-state index is 2.61. The lowest BCUT2D eigenvalue weighted by Gasteiger charge is -2.23. The Morgan fingerprint density at radius 1 is 0.260 bits per heavy atom. The van der Waals surface area contributed by atoms with E-state index in [-0.39, 0.29) is 0 Å². The van der Waals surface area contributed by atoms with Crippen molar-refractivity contribution in [3.63, 3.8) is 0 Å². The topological polar surface area (TPSA) is 8.82 Å². The van der Waals surface area contributed by atoms with Crippen LogP contribution in [0.5, 0.6) is 0 Å². The van der Waals surface area contributed by atoms with Gasteiger partial charge < -0.3 is 8.80 Å². The van der Waals surface area contributed by atoms with Gasteiger partial charge in [-0.05, 0) is 63.2 Å². The molecule has 0 unspecified atom stereocenters. The molecular weight excluding hydrogens is 605 g/mol. The van der Waals surface area contributed by atoms with E-state index in [1.807, 2.05) is 0 Å². The largest absolute Gasteiger partial charge is 0.308 e. The number of hydrogen-bond donors (Lipinski definition) is 0. The molecule has 8 aromatic carbocycles. The van der Waals surface area contributed by atoms with Crippen molar-refractivity contribution in [3.05, 3.63) is 158 Å². The average Bonchev–Trinajstić information content (AvgIpc) is 3.90. The second kappa shape index (κ2) is 8.68. The molecule has 2 nitrogen and oxygen atoms in total.